The van der Waals surface area contributed by atoms with Crippen molar-refractivity contribution < 1.29 is 0 Å². The van der Waals surface area contributed by atoms with Crippen molar-refractivity contribution in [3.05, 3.63) is 18.1 Å². The van der Waals surface area contributed by atoms with E-state index < -0.39 is 0 Å². The number of hydrogen-bond acceptors (Lipinski definition) is 4. The van der Waals surface area contributed by atoms with Crippen LogP contribution in [0.15, 0.2) is 12.7 Å². The van der Waals surface area contributed by atoms with Crippen LogP contribution in [0.1, 0.15) is 0 Å². The standard InChI is InChI=1S/C5H6N6/c6-4-3-5(9-1-8-3)11(7)2-10-4/h1-2,6H,7H2,(H,8,9). The minimum absolute atomic E-state index is 0.152. The van der Waals surface area contributed by atoms with Crippen molar-refractivity contribution in [1.82, 2.24) is 19.6 Å². The molecule has 0 radical (unpaired) electrons. The van der Waals surface area contributed by atoms with E-state index in [2.05, 4.69) is 15.0 Å². The Balaban J connectivity index is 3.08. The summed E-state index contributed by atoms with van der Waals surface area (Å²) in [5.74, 6) is 5.46. The average Bonchev–Trinajstić information content (AvgIpc) is 2.45. The molecule has 0 atom stereocenters. The zero-order chi connectivity index (χ0) is 7.84. The molecule has 0 aliphatic rings. The normalized spacial score (nSPS) is 10.5. The fourth-order valence-electron chi connectivity index (χ4n) is 0.896. The van der Waals surface area contributed by atoms with Gasteiger partial charge in [0.1, 0.15) is 11.8 Å². The molecular weight excluding hydrogens is 144 g/mol. The van der Waals surface area contributed by atoms with Crippen molar-refractivity contribution in [1.29, 1.82) is 5.41 Å². The fraction of sp³-hybridized carbons (Fsp3) is 0. The van der Waals surface area contributed by atoms with Crippen LogP contribution in [-0.2, 0) is 0 Å². The smallest absolute Gasteiger partial charge is 0.181 e. The highest BCUT2D eigenvalue weighted by Gasteiger charge is 1.99. The van der Waals surface area contributed by atoms with Gasteiger partial charge in [0.2, 0.25) is 0 Å². The summed E-state index contributed by atoms with van der Waals surface area (Å²) in [4.78, 5) is 10.4. The molecule has 0 spiro atoms. The predicted octanol–water partition coefficient (Wildman–Crippen LogP) is -1.05. The maximum Gasteiger partial charge on any atom is 0.181 e. The lowest BCUT2D eigenvalue weighted by molar-refractivity contribution is 0.935. The highest BCUT2D eigenvalue weighted by atomic mass is 15.3. The molecule has 6 nitrogen and oxygen atoms in total. The lowest BCUT2D eigenvalue weighted by Crippen LogP contribution is -2.17. The van der Waals surface area contributed by atoms with Crippen LogP contribution in [0, 0.1) is 5.41 Å². The Hall–Kier alpha value is -1.85. The second-order valence-electron chi connectivity index (χ2n) is 2.10. The van der Waals surface area contributed by atoms with Crippen LogP contribution in [0.5, 0.6) is 0 Å². The van der Waals surface area contributed by atoms with Gasteiger partial charge in [-0.15, -0.1) is 0 Å². The van der Waals surface area contributed by atoms with Gasteiger partial charge in [-0.1, -0.05) is 0 Å². The van der Waals surface area contributed by atoms with E-state index in [9.17, 15) is 0 Å². The van der Waals surface area contributed by atoms with E-state index in [1.807, 2.05) is 0 Å². The van der Waals surface area contributed by atoms with Crippen LogP contribution >= 0.6 is 0 Å². The highest BCUT2D eigenvalue weighted by Crippen LogP contribution is 1.96. The lowest BCUT2D eigenvalue weighted by Gasteiger charge is -1.95. The Morgan fingerprint density at radius 2 is 2.36 bits per heavy atom. The Labute approximate surface area is 61.2 Å². The van der Waals surface area contributed by atoms with E-state index in [0.717, 1.165) is 0 Å². The van der Waals surface area contributed by atoms with Gasteiger partial charge in [0.25, 0.3) is 0 Å². The molecule has 2 aromatic rings. The van der Waals surface area contributed by atoms with E-state index in [0.29, 0.717) is 11.2 Å². The number of H-pyrrole nitrogens is 1. The molecule has 0 fully saturated rings. The van der Waals surface area contributed by atoms with Gasteiger partial charge in [0, 0.05) is 0 Å². The van der Waals surface area contributed by atoms with Crippen LogP contribution in [0.2, 0.25) is 0 Å². The Bertz CT molecular complexity index is 437. The number of rotatable bonds is 0. The van der Waals surface area contributed by atoms with Gasteiger partial charge in [-0.2, -0.15) is 0 Å². The van der Waals surface area contributed by atoms with Gasteiger partial charge < -0.3 is 10.8 Å². The van der Waals surface area contributed by atoms with Crippen LogP contribution in [0.3, 0.4) is 0 Å². The summed E-state index contributed by atoms with van der Waals surface area (Å²) in [5, 5.41) is 7.33. The number of nitrogens with zero attached hydrogens (tertiary/aromatic N) is 3. The first-order chi connectivity index (χ1) is 5.29. The highest BCUT2D eigenvalue weighted by molar-refractivity contribution is 5.67. The molecule has 2 rings (SSSR count). The maximum atomic E-state index is 7.33. The molecule has 6 heteroatoms. The summed E-state index contributed by atoms with van der Waals surface area (Å²) in [6.45, 7) is 0. The molecule has 0 aliphatic heterocycles. The monoisotopic (exact) mass is 150 g/mol. The Morgan fingerprint density at radius 1 is 1.55 bits per heavy atom. The van der Waals surface area contributed by atoms with Gasteiger partial charge in [0.05, 0.1) is 6.33 Å². The van der Waals surface area contributed by atoms with Gasteiger partial charge >= 0.3 is 0 Å². The van der Waals surface area contributed by atoms with Crippen LogP contribution < -0.4 is 11.3 Å². The summed E-state index contributed by atoms with van der Waals surface area (Å²) in [5.41, 5.74) is 1.24. The van der Waals surface area contributed by atoms with Crippen LogP contribution in [0.4, 0.5) is 0 Å². The molecule has 4 N–H and O–H groups in total. The van der Waals surface area contributed by atoms with Gasteiger partial charge in [-0.3, -0.25) is 5.41 Å². The first-order valence-electron chi connectivity index (χ1n) is 2.99. The SMILES string of the molecule is N=c1ncn(N)c2nc[nH]c12. The molecule has 2 heterocycles. The van der Waals surface area contributed by atoms with Gasteiger partial charge in [0.15, 0.2) is 11.1 Å². The molecule has 0 aliphatic carbocycles. The number of nitrogen functional groups attached to an aromatic ring is 1. The van der Waals surface area contributed by atoms with E-state index in [4.69, 9.17) is 11.3 Å². The quantitative estimate of drug-likeness (QED) is 0.418. The molecule has 11 heavy (non-hydrogen) atoms. The number of hydrogen-bond donors (Lipinski definition) is 3. The van der Waals surface area contributed by atoms with Gasteiger partial charge in [-0.05, 0) is 0 Å². The summed E-state index contributed by atoms with van der Waals surface area (Å²) in [6, 6.07) is 0. The van der Waals surface area contributed by atoms with E-state index >= 15 is 0 Å². The number of imidazole rings is 1. The number of nitrogens with two attached hydrogens (primary N) is 1. The van der Waals surface area contributed by atoms with E-state index in [-0.39, 0.29) is 5.49 Å². The second kappa shape index (κ2) is 1.82. The van der Waals surface area contributed by atoms with Crippen LogP contribution in [-0.4, -0.2) is 19.6 Å². The molecule has 0 aromatic carbocycles. The van der Waals surface area contributed by atoms with Crippen molar-refractivity contribution in [3.63, 3.8) is 0 Å². The minimum atomic E-state index is 0.152. The molecule has 2 aromatic heterocycles. The molecule has 0 saturated carbocycles. The van der Waals surface area contributed by atoms with Crippen molar-refractivity contribution in [3.8, 4) is 0 Å². The zero-order valence-corrected chi connectivity index (χ0v) is 5.57. The lowest BCUT2D eigenvalue weighted by atomic mass is 10.5. The number of aromatic nitrogens is 4. The maximum absolute atomic E-state index is 7.33. The zero-order valence-electron chi connectivity index (χ0n) is 5.57. The Kier molecular flexibility index (Phi) is 0.974. The third-order valence-electron chi connectivity index (χ3n) is 1.41. The topological polar surface area (TPSA) is 96.4 Å². The molecule has 56 valence electrons. The molecule has 0 bridgehead atoms. The predicted molar refractivity (Wildman–Crippen MR) is 37.9 cm³/mol. The summed E-state index contributed by atoms with van der Waals surface area (Å²) >= 11 is 0. The fourth-order valence-corrected chi connectivity index (χ4v) is 0.896. The summed E-state index contributed by atoms with van der Waals surface area (Å²) in [7, 11) is 0. The number of fused-ring (bicyclic) bond motifs is 1. The largest absolute Gasteiger partial charge is 0.340 e. The van der Waals surface area contributed by atoms with Crippen molar-refractivity contribution >= 4 is 11.2 Å². The molecular formula is C5H6N6. The number of aromatic amines is 1. The third-order valence-corrected chi connectivity index (χ3v) is 1.41. The molecule has 0 amide bonds. The molecule has 0 saturated heterocycles. The number of nitrogens with one attached hydrogen (secondary N) is 2. The minimum Gasteiger partial charge on any atom is -0.340 e. The Morgan fingerprint density at radius 3 is 3.09 bits per heavy atom. The van der Waals surface area contributed by atoms with Gasteiger partial charge in [-0.25, -0.2) is 14.6 Å². The second-order valence-corrected chi connectivity index (χ2v) is 2.10. The first-order valence-corrected chi connectivity index (χ1v) is 2.99. The summed E-state index contributed by atoms with van der Waals surface area (Å²) in [6.07, 6.45) is 2.83. The van der Waals surface area contributed by atoms with Crippen LogP contribution in [0.25, 0.3) is 11.2 Å². The third kappa shape index (κ3) is 0.689. The van der Waals surface area contributed by atoms with Crippen molar-refractivity contribution in [2.45, 2.75) is 0 Å². The van der Waals surface area contributed by atoms with E-state index in [1.54, 1.807) is 0 Å². The van der Waals surface area contributed by atoms with E-state index in [1.165, 1.54) is 17.3 Å². The molecule has 0 unspecified atom stereocenters. The van der Waals surface area contributed by atoms with Crippen molar-refractivity contribution in [2.75, 3.05) is 5.84 Å². The first kappa shape index (κ1) is 5.90. The van der Waals surface area contributed by atoms with Crippen molar-refractivity contribution in [2.24, 2.45) is 0 Å². The average molecular weight is 150 g/mol. The summed E-state index contributed by atoms with van der Waals surface area (Å²) < 4.78 is 1.27.